The molecule has 0 saturated carbocycles. The number of aryl methyl sites for hydroxylation is 1. The van der Waals surface area contributed by atoms with Crippen LogP contribution in [0.15, 0.2) is 24.5 Å². The highest BCUT2D eigenvalue weighted by atomic mass is 35.5. The van der Waals surface area contributed by atoms with Crippen LogP contribution >= 0.6 is 11.6 Å². The molecule has 0 aliphatic heterocycles. The highest BCUT2D eigenvalue weighted by Gasteiger charge is 2.06. The lowest BCUT2D eigenvalue weighted by Crippen LogP contribution is -1.91. The Morgan fingerprint density at radius 1 is 1.47 bits per heavy atom. The van der Waals surface area contributed by atoms with Gasteiger partial charge < -0.3 is 10.5 Å². The van der Waals surface area contributed by atoms with Crippen molar-refractivity contribution in [2.24, 2.45) is 7.05 Å². The molecule has 0 bridgehead atoms. The molecular formula is C9H9ClN4O. The number of rotatable bonds is 2. The maximum atomic E-state index is 5.92. The number of nitrogen functional groups attached to an aromatic ring is 1. The minimum Gasteiger partial charge on any atom is -0.422 e. The lowest BCUT2D eigenvalue weighted by Gasteiger charge is -2.03. The van der Waals surface area contributed by atoms with Crippen molar-refractivity contribution in [2.45, 2.75) is 0 Å². The number of anilines is 1. The maximum absolute atomic E-state index is 5.92. The minimum absolute atomic E-state index is 0.254. The molecule has 0 spiro atoms. The summed E-state index contributed by atoms with van der Waals surface area (Å²) in [5.41, 5.74) is 6.13. The van der Waals surface area contributed by atoms with Gasteiger partial charge >= 0.3 is 6.01 Å². The largest absolute Gasteiger partial charge is 0.422 e. The van der Waals surface area contributed by atoms with Gasteiger partial charge in [-0.15, -0.1) is 5.10 Å². The third-order valence-electron chi connectivity index (χ3n) is 1.74. The van der Waals surface area contributed by atoms with Crippen molar-refractivity contribution in [2.75, 3.05) is 5.73 Å². The first-order valence-corrected chi connectivity index (χ1v) is 4.61. The van der Waals surface area contributed by atoms with Gasteiger partial charge in [0.05, 0.1) is 5.02 Å². The van der Waals surface area contributed by atoms with Gasteiger partial charge in [0.2, 0.25) is 0 Å². The van der Waals surface area contributed by atoms with Crippen molar-refractivity contribution < 1.29 is 4.74 Å². The van der Waals surface area contributed by atoms with Crippen LogP contribution in [-0.4, -0.2) is 14.8 Å². The second kappa shape index (κ2) is 3.78. The Labute approximate surface area is 91.4 Å². The average molecular weight is 225 g/mol. The molecule has 6 heteroatoms. The molecule has 2 aromatic rings. The van der Waals surface area contributed by atoms with Crippen molar-refractivity contribution in [1.82, 2.24) is 14.8 Å². The molecule has 5 nitrogen and oxygen atoms in total. The van der Waals surface area contributed by atoms with Crippen molar-refractivity contribution in [3.05, 3.63) is 29.5 Å². The third kappa shape index (κ3) is 2.19. The lowest BCUT2D eigenvalue weighted by molar-refractivity contribution is 0.439. The molecule has 0 radical (unpaired) electrons. The molecule has 0 aliphatic rings. The lowest BCUT2D eigenvalue weighted by atomic mass is 10.3. The van der Waals surface area contributed by atoms with Crippen molar-refractivity contribution in [3.8, 4) is 11.8 Å². The van der Waals surface area contributed by atoms with E-state index in [1.165, 1.54) is 0 Å². The summed E-state index contributed by atoms with van der Waals surface area (Å²) in [4.78, 5) is 3.91. The van der Waals surface area contributed by atoms with Crippen LogP contribution in [0.1, 0.15) is 0 Å². The van der Waals surface area contributed by atoms with Crippen molar-refractivity contribution >= 4 is 17.3 Å². The minimum atomic E-state index is 0.254. The summed E-state index contributed by atoms with van der Waals surface area (Å²) in [6.45, 7) is 0. The number of nitrogens with zero attached hydrogens (tertiary/aromatic N) is 3. The van der Waals surface area contributed by atoms with E-state index in [-0.39, 0.29) is 6.01 Å². The molecule has 0 fully saturated rings. The molecular weight excluding hydrogens is 216 g/mol. The van der Waals surface area contributed by atoms with Gasteiger partial charge in [0.25, 0.3) is 0 Å². The monoisotopic (exact) mass is 224 g/mol. The van der Waals surface area contributed by atoms with E-state index in [9.17, 15) is 0 Å². The van der Waals surface area contributed by atoms with Crippen LogP contribution in [0, 0.1) is 0 Å². The van der Waals surface area contributed by atoms with Crippen LogP contribution in [0.2, 0.25) is 5.02 Å². The Morgan fingerprint density at radius 3 is 2.87 bits per heavy atom. The summed E-state index contributed by atoms with van der Waals surface area (Å²) in [5.74, 6) is 0.483. The summed E-state index contributed by atoms with van der Waals surface area (Å²) >= 11 is 5.92. The SMILES string of the molecule is Cn1cnc(Oc2ccc(N)cc2Cl)n1. The number of ether oxygens (including phenoxy) is 1. The highest BCUT2D eigenvalue weighted by Crippen LogP contribution is 2.29. The fourth-order valence-corrected chi connectivity index (χ4v) is 1.29. The second-order valence-corrected chi connectivity index (χ2v) is 3.40. The van der Waals surface area contributed by atoms with E-state index < -0.39 is 0 Å². The zero-order valence-electron chi connectivity index (χ0n) is 8.01. The van der Waals surface area contributed by atoms with Gasteiger partial charge in [0.15, 0.2) is 0 Å². The van der Waals surface area contributed by atoms with Crippen LogP contribution in [0.5, 0.6) is 11.8 Å². The first kappa shape index (κ1) is 9.79. The van der Waals surface area contributed by atoms with E-state index in [0.717, 1.165) is 0 Å². The van der Waals surface area contributed by atoms with E-state index in [1.807, 2.05) is 0 Å². The molecule has 1 heterocycles. The van der Waals surface area contributed by atoms with Gasteiger partial charge in [0, 0.05) is 12.7 Å². The van der Waals surface area contributed by atoms with E-state index in [0.29, 0.717) is 16.5 Å². The van der Waals surface area contributed by atoms with Crippen molar-refractivity contribution in [3.63, 3.8) is 0 Å². The summed E-state index contributed by atoms with van der Waals surface area (Å²) < 4.78 is 6.90. The molecule has 2 N–H and O–H groups in total. The average Bonchev–Trinajstić information content (AvgIpc) is 2.56. The molecule has 78 valence electrons. The Morgan fingerprint density at radius 2 is 2.27 bits per heavy atom. The Kier molecular flexibility index (Phi) is 2.47. The van der Waals surface area contributed by atoms with Gasteiger partial charge in [0.1, 0.15) is 12.1 Å². The van der Waals surface area contributed by atoms with E-state index in [1.54, 1.807) is 36.3 Å². The number of nitrogens with two attached hydrogens (primary N) is 1. The van der Waals surface area contributed by atoms with Gasteiger partial charge in [-0.25, -0.2) is 0 Å². The molecule has 0 unspecified atom stereocenters. The third-order valence-corrected chi connectivity index (χ3v) is 2.03. The fraction of sp³-hybridized carbons (Fsp3) is 0.111. The fourth-order valence-electron chi connectivity index (χ4n) is 1.06. The standard InChI is InChI=1S/C9H9ClN4O/c1-14-5-12-9(13-14)15-8-3-2-6(11)4-7(8)10/h2-5H,11H2,1H3. The molecule has 2 rings (SSSR count). The van der Waals surface area contributed by atoms with Crippen molar-refractivity contribution in [1.29, 1.82) is 0 Å². The number of hydrogen-bond donors (Lipinski definition) is 1. The van der Waals surface area contributed by atoms with Crippen LogP contribution in [0.25, 0.3) is 0 Å². The Balaban J connectivity index is 2.24. The zero-order chi connectivity index (χ0) is 10.8. The summed E-state index contributed by atoms with van der Waals surface area (Å²) in [6.07, 6.45) is 1.54. The summed E-state index contributed by atoms with van der Waals surface area (Å²) in [5, 5.41) is 4.40. The van der Waals surface area contributed by atoms with E-state index in [4.69, 9.17) is 22.1 Å². The van der Waals surface area contributed by atoms with Crippen LogP contribution < -0.4 is 10.5 Å². The quantitative estimate of drug-likeness (QED) is 0.791. The first-order valence-electron chi connectivity index (χ1n) is 4.23. The van der Waals surface area contributed by atoms with E-state index in [2.05, 4.69) is 10.1 Å². The van der Waals surface area contributed by atoms with Crippen LogP contribution in [-0.2, 0) is 7.05 Å². The number of aromatic nitrogens is 3. The second-order valence-electron chi connectivity index (χ2n) is 2.99. The number of benzene rings is 1. The van der Waals surface area contributed by atoms with Gasteiger partial charge in [-0.05, 0) is 18.2 Å². The molecule has 0 aliphatic carbocycles. The predicted octanol–water partition coefficient (Wildman–Crippen LogP) is 1.84. The normalized spacial score (nSPS) is 10.3. The summed E-state index contributed by atoms with van der Waals surface area (Å²) in [6, 6.07) is 5.24. The van der Waals surface area contributed by atoms with Gasteiger partial charge in [-0.2, -0.15) is 4.98 Å². The van der Waals surface area contributed by atoms with Crippen LogP contribution in [0.4, 0.5) is 5.69 Å². The molecule has 1 aromatic heterocycles. The highest BCUT2D eigenvalue weighted by molar-refractivity contribution is 6.32. The van der Waals surface area contributed by atoms with Gasteiger partial charge in [-0.3, -0.25) is 4.68 Å². The smallest absolute Gasteiger partial charge is 0.341 e. The maximum Gasteiger partial charge on any atom is 0.341 e. The zero-order valence-corrected chi connectivity index (χ0v) is 8.77. The van der Waals surface area contributed by atoms with Crippen LogP contribution in [0.3, 0.4) is 0 Å². The summed E-state index contributed by atoms with van der Waals surface area (Å²) in [7, 11) is 1.75. The molecule has 15 heavy (non-hydrogen) atoms. The number of hydrogen-bond acceptors (Lipinski definition) is 4. The van der Waals surface area contributed by atoms with E-state index >= 15 is 0 Å². The molecule has 0 amide bonds. The first-order chi connectivity index (χ1) is 7.15. The number of halogens is 1. The predicted molar refractivity (Wildman–Crippen MR) is 56.9 cm³/mol. The molecule has 0 atom stereocenters. The van der Waals surface area contributed by atoms with Gasteiger partial charge in [-0.1, -0.05) is 11.6 Å². The molecule has 1 aromatic carbocycles. The Bertz CT molecular complexity index is 483. The Hall–Kier alpha value is -1.75. The topological polar surface area (TPSA) is 66.0 Å². The molecule has 0 saturated heterocycles.